The van der Waals surface area contributed by atoms with Gasteiger partial charge in [0, 0.05) is 38.4 Å². The Morgan fingerprint density at radius 2 is 1.78 bits per heavy atom. The number of rotatable bonds is 9. The first-order valence-corrected chi connectivity index (χ1v) is 12.5. The van der Waals surface area contributed by atoms with Crippen LogP contribution in [0.25, 0.3) is 10.9 Å². The molecule has 1 aliphatic rings. The number of hydrogen-bond acceptors (Lipinski definition) is 8. The van der Waals surface area contributed by atoms with Crippen LogP contribution in [0.4, 0.5) is 5.69 Å². The Morgan fingerprint density at radius 1 is 1.05 bits per heavy atom. The fourth-order valence-electron chi connectivity index (χ4n) is 4.40. The van der Waals surface area contributed by atoms with Crippen molar-refractivity contribution in [3.63, 3.8) is 0 Å². The zero-order valence-electron chi connectivity index (χ0n) is 21.0. The third kappa shape index (κ3) is 6.36. The lowest BCUT2D eigenvalue weighted by Gasteiger charge is -2.36. The van der Waals surface area contributed by atoms with Crippen LogP contribution in [0.1, 0.15) is 16.8 Å². The number of H-pyrrole nitrogens is 1. The first-order valence-electron chi connectivity index (χ1n) is 12.1. The summed E-state index contributed by atoms with van der Waals surface area (Å²) in [5.74, 6) is 0.0616. The number of anilines is 1. The molecular weight excluding hydrogens is 494 g/mol. The molecule has 0 saturated carbocycles. The molecule has 1 saturated heterocycles. The second kappa shape index (κ2) is 12.0. The number of carbonyl (C=O) groups excluding carboxylic acids is 2. The average molecular weight is 526 g/mol. The number of hydrogen-bond donors (Lipinski definition) is 2. The van der Waals surface area contributed by atoms with Crippen molar-refractivity contribution in [2.45, 2.75) is 13.0 Å². The van der Waals surface area contributed by atoms with Crippen LogP contribution >= 0.6 is 12.2 Å². The molecule has 2 heterocycles. The highest BCUT2D eigenvalue weighted by Gasteiger charge is 2.17. The van der Waals surface area contributed by atoms with Gasteiger partial charge < -0.3 is 24.7 Å². The minimum Gasteiger partial charge on any atom is -0.497 e. The standard InChI is InChI=1S/C26H31N5O5S/c1-35-20-7-5-19(6-8-20)30-14-12-29(13-15-30)11-3-10-27-23(32)17-31-24(33)21-9-4-18(25(34)36-2)16-22(21)28-26(31)37/h4-9,16H,3,10-15,17H2,1-2H3,(H,27,32)(H,28,37). The molecule has 3 aromatic rings. The number of carbonyl (C=O) groups is 2. The molecule has 0 atom stereocenters. The van der Waals surface area contributed by atoms with Gasteiger partial charge in [-0.1, -0.05) is 0 Å². The Hall–Kier alpha value is -3.70. The fraction of sp³-hybridized carbons (Fsp3) is 0.385. The summed E-state index contributed by atoms with van der Waals surface area (Å²) in [6, 6.07) is 12.7. The highest BCUT2D eigenvalue weighted by molar-refractivity contribution is 7.71. The molecule has 196 valence electrons. The molecule has 1 amide bonds. The summed E-state index contributed by atoms with van der Waals surface area (Å²) in [7, 11) is 2.95. The maximum Gasteiger partial charge on any atom is 0.337 e. The second-order valence-corrected chi connectivity index (χ2v) is 9.19. The molecule has 1 aromatic heterocycles. The SMILES string of the molecule is COC(=O)c1ccc2c(=O)n(CC(=O)NCCCN3CCN(c4ccc(OC)cc4)CC3)c(=S)[nH]c2c1. The maximum atomic E-state index is 12.9. The molecule has 1 aliphatic heterocycles. The lowest BCUT2D eigenvalue weighted by Crippen LogP contribution is -2.47. The third-order valence-corrected chi connectivity index (χ3v) is 6.81. The maximum absolute atomic E-state index is 12.9. The van der Waals surface area contributed by atoms with Crippen LogP contribution in [-0.4, -0.2) is 79.8 Å². The van der Waals surface area contributed by atoms with E-state index in [1.807, 2.05) is 12.1 Å². The van der Waals surface area contributed by atoms with E-state index in [9.17, 15) is 14.4 Å². The van der Waals surface area contributed by atoms with Crippen molar-refractivity contribution in [1.29, 1.82) is 0 Å². The van der Waals surface area contributed by atoms with E-state index in [0.29, 0.717) is 23.0 Å². The van der Waals surface area contributed by atoms with E-state index in [-0.39, 0.29) is 22.8 Å². The van der Waals surface area contributed by atoms with Crippen LogP contribution in [-0.2, 0) is 16.1 Å². The van der Waals surface area contributed by atoms with Gasteiger partial charge in [-0.05, 0) is 67.6 Å². The summed E-state index contributed by atoms with van der Waals surface area (Å²) in [5, 5.41) is 3.22. The third-order valence-electron chi connectivity index (χ3n) is 6.49. The molecular formula is C26H31N5O5S. The Kier molecular flexibility index (Phi) is 8.57. The van der Waals surface area contributed by atoms with Crippen molar-refractivity contribution >= 4 is 40.7 Å². The Morgan fingerprint density at radius 3 is 2.46 bits per heavy atom. The summed E-state index contributed by atoms with van der Waals surface area (Å²) in [6.07, 6.45) is 0.810. The molecule has 0 unspecified atom stereocenters. The van der Waals surface area contributed by atoms with Crippen molar-refractivity contribution in [2.75, 3.05) is 58.4 Å². The highest BCUT2D eigenvalue weighted by Crippen LogP contribution is 2.20. The van der Waals surface area contributed by atoms with Crippen LogP contribution in [0.2, 0.25) is 0 Å². The van der Waals surface area contributed by atoms with Gasteiger partial charge in [-0.3, -0.25) is 19.1 Å². The number of aromatic nitrogens is 2. The van der Waals surface area contributed by atoms with Crippen molar-refractivity contribution in [3.05, 3.63) is 63.2 Å². The number of nitrogens with one attached hydrogen (secondary N) is 2. The Balaban J connectivity index is 1.24. The van der Waals surface area contributed by atoms with Gasteiger partial charge in [0.25, 0.3) is 5.56 Å². The van der Waals surface area contributed by atoms with Gasteiger partial charge in [0.2, 0.25) is 5.91 Å². The summed E-state index contributed by atoms with van der Waals surface area (Å²) in [4.78, 5) is 44.8. The van der Waals surface area contributed by atoms with Crippen molar-refractivity contribution in [2.24, 2.45) is 0 Å². The second-order valence-electron chi connectivity index (χ2n) is 8.80. The van der Waals surface area contributed by atoms with Crippen molar-refractivity contribution in [1.82, 2.24) is 19.8 Å². The molecule has 0 aliphatic carbocycles. The first kappa shape index (κ1) is 26.4. The number of piperazine rings is 1. The van der Waals surface area contributed by atoms with Gasteiger partial charge in [-0.2, -0.15) is 0 Å². The van der Waals surface area contributed by atoms with E-state index >= 15 is 0 Å². The van der Waals surface area contributed by atoms with Gasteiger partial charge in [0.15, 0.2) is 4.77 Å². The van der Waals surface area contributed by atoms with Crippen LogP contribution in [0.5, 0.6) is 5.75 Å². The van der Waals surface area contributed by atoms with Crippen molar-refractivity contribution in [3.8, 4) is 5.75 Å². The van der Waals surface area contributed by atoms with Crippen LogP contribution < -0.4 is 20.5 Å². The molecule has 2 aromatic carbocycles. The average Bonchev–Trinajstić information content (AvgIpc) is 2.93. The van der Waals surface area contributed by atoms with E-state index in [1.165, 1.54) is 35.6 Å². The molecule has 10 nitrogen and oxygen atoms in total. The first-order chi connectivity index (χ1) is 17.9. The normalized spacial score (nSPS) is 13.9. The quantitative estimate of drug-likeness (QED) is 0.249. The molecule has 37 heavy (non-hydrogen) atoms. The van der Waals surface area contributed by atoms with Gasteiger partial charge in [-0.25, -0.2) is 4.79 Å². The van der Waals surface area contributed by atoms with Gasteiger partial charge in [0.1, 0.15) is 12.3 Å². The molecule has 4 rings (SSSR count). The van der Waals surface area contributed by atoms with Gasteiger partial charge in [0.05, 0.1) is 30.7 Å². The Bertz CT molecular complexity index is 1380. The number of aromatic amines is 1. The zero-order valence-corrected chi connectivity index (χ0v) is 21.8. The lowest BCUT2D eigenvalue weighted by molar-refractivity contribution is -0.121. The summed E-state index contributed by atoms with van der Waals surface area (Å²) in [6.45, 7) is 5.03. The largest absolute Gasteiger partial charge is 0.497 e. The molecule has 0 radical (unpaired) electrons. The van der Waals surface area contributed by atoms with E-state index in [2.05, 4.69) is 32.2 Å². The predicted molar refractivity (Wildman–Crippen MR) is 144 cm³/mol. The summed E-state index contributed by atoms with van der Waals surface area (Å²) in [5.41, 5.74) is 1.53. The van der Waals surface area contributed by atoms with E-state index < -0.39 is 5.97 Å². The number of ether oxygens (including phenoxy) is 2. The van der Waals surface area contributed by atoms with Crippen LogP contribution in [0.3, 0.4) is 0 Å². The zero-order chi connectivity index (χ0) is 26.4. The monoisotopic (exact) mass is 525 g/mol. The minimum absolute atomic E-state index is 0.115. The van der Waals surface area contributed by atoms with Crippen LogP contribution in [0.15, 0.2) is 47.3 Å². The predicted octanol–water partition coefficient (Wildman–Crippen LogP) is 2.18. The smallest absolute Gasteiger partial charge is 0.337 e. The number of benzene rings is 2. The van der Waals surface area contributed by atoms with Crippen LogP contribution in [0, 0.1) is 4.77 Å². The fourth-order valence-corrected chi connectivity index (χ4v) is 4.65. The topological polar surface area (TPSA) is 109 Å². The number of fused-ring (bicyclic) bond motifs is 1. The molecule has 1 fully saturated rings. The molecule has 0 bridgehead atoms. The molecule has 11 heteroatoms. The van der Waals surface area contributed by atoms with E-state index in [4.69, 9.17) is 21.7 Å². The lowest BCUT2D eigenvalue weighted by atomic mass is 10.1. The number of amides is 1. The minimum atomic E-state index is -0.510. The summed E-state index contributed by atoms with van der Waals surface area (Å²) >= 11 is 5.30. The van der Waals surface area contributed by atoms with E-state index in [1.54, 1.807) is 7.11 Å². The van der Waals surface area contributed by atoms with E-state index in [0.717, 1.165) is 44.9 Å². The van der Waals surface area contributed by atoms with Gasteiger partial charge >= 0.3 is 5.97 Å². The Labute approximate surface area is 219 Å². The van der Waals surface area contributed by atoms with Gasteiger partial charge in [-0.15, -0.1) is 0 Å². The number of nitrogens with zero attached hydrogens (tertiary/aromatic N) is 3. The summed E-state index contributed by atoms with van der Waals surface area (Å²) < 4.78 is 11.3. The van der Waals surface area contributed by atoms with Crippen molar-refractivity contribution < 1.29 is 19.1 Å². The molecule has 2 N–H and O–H groups in total. The number of methoxy groups -OCH3 is 2. The number of esters is 1. The highest BCUT2D eigenvalue weighted by atomic mass is 32.1. The molecule has 0 spiro atoms.